The van der Waals surface area contributed by atoms with E-state index in [0.717, 1.165) is 21.9 Å². The lowest BCUT2D eigenvalue weighted by Gasteiger charge is -2.35. The number of thioether (sulfide) groups is 1. The average molecular weight is 430 g/mol. The number of rotatable bonds is 6. The van der Waals surface area contributed by atoms with Crippen molar-refractivity contribution in [2.75, 3.05) is 26.2 Å². The van der Waals surface area contributed by atoms with Crippen molar-refractivity contribution < 1.29 is 9.59 Å². The van der Waals surface area contributed by atoms with Crippen molar-refractivity contribution in [3.63, 3.8) is 0 Å². The molecular formula is C22H27N3O2S2. The van der Waals surface area contributed by atoms with E-state index in [1.165, 1.54) is 25.7 Å². The van der Waals surface area contributed by atoms with Crippen molar-refractivity contribution in [2.45, 2.75) is 42.8 Å². The molecule has 0 bridgehead atoms. The Kier molecular flexibility index (Phi) is 6.87. The first kappa shape index (κ1) is 20.4. The number of carbonyl (C=O) groups excluding carboxylic acids is 2. The maximum absolute atomic E-state index is 13.1. The molecular weight excluding hydrogens is 402 g/mol. The number of aromatic nitrogens is 1. The predicted molar refractivity (Wildman–Crippen MR) is 117 cm³/mol. The van der Waals surface area contributed by atoms with Gasteiger partial charge in [0.25, 0.3) is 5.91 Å². The molecule has 7 heteroatoms. The highest BCUT2D eigenvalue weighted by molar-refractivity contribution is 7.98. The van der Waals surface area contributed by atoms with Gasteiger partial charge in [-0.05, 0) is 30.9 Å². The van der Waals surface area contributed by atoms with Crippen LogP contribution in [0.2, 0.25) is 0 Å². The number of piperazine rings is 1. The number of hydrogen-bond donors (Lipinski definition) is 0. The van der Waals surface area contributed by atoms with Crippen molar-refractivity contribution in [3.05, 3.63) is 46.4 Å². The molecule has 0 radical (unpaired) electrons. The van der Waals surface area contributed by atoms with Crippen LogP contribution in [0.3, 0.4) is 0 Å². The molecule has 0 atom stereocenters. The van der Waals surface area contributed by atoms with E-state index in [0.29, 0.717) is 38.5 Å². The number of thiazole rings is 1. The van der Waals surface area contributed by atoms with E-state index in [-0.39, 0.29) is 11.8 Å². The molecule has 1 aromatic heterocycles. The average Bonchev–Trinajstić information content (AvgIpc) is 3.46. The second-order valence-electron chi connectivity index (χ2n) is 7.79. The van der Waals surface area contributed by atoms with Gasteiger partial charge in [0.2, 0.25) is 5.91 Å². The Morgan fingerprint density at radius 1 is 1.07 bits per heavy atom. The molecule has 1 saturated carbocycles. The van der Waals surface area contributed by atoms with Gasteiger partial charge in [0.05, 0.1) is 16.8 Å². The van der Waals surface area contributed by atoms with Crippen LogP contribution in [0.5, 0.6) is 0 Å². The summed E-state index contributed by atoms with van der Waals surface area (Å²) in [5.74, 6) is 1.67. The monoisotopic (exact) mass is 429 g/mol. The minimum atomic E-state index is 0.0641. The number of amides is 2. The van der Waals surface area contributed by atoms with Crippen molar-refractivity contribution in [1.29, 1.82) is 0 Å². The highest BCUT2D eigenvalue weighted by atomic mass is 32.2. The summed E-state index contributed by atoms with van der Waals surface area (Å²) in [7, 11) is 0. The molecule has 1 saturated heterocycles. The molecule has 0 N–H and O–H groups in total. The van der Waals surface area contributed by atoms with Crippen LogP contribution in [0, 0.1) is 5.92 Å². The first-order valence-electron chi connectivity index (χ1n) is 10.4. The van der Waals surface area contributed by atoms with Crippen LogP contribution in [0.1, 0.15) is 48.2 Å². The molecule has 5 nitrogen and oxygen atoms in total. The maximum atomic E-state index is 13.1. The largest absolute Gasteiger partial charge is 0.339 e. The molecule has 0 spiro atoms. The second kappa shape index (κ2) is 9.76. The van der Waals surface area contributed by atoms with Crippen LogP contribution in [0.25, 0.3) is 0 Å². The Morgan fingerprint density at radius 2 is 1.79 bits per heavy atom. The van der Waals surface area contributed by atoms with Gasteiger partial charge in [-0.25, -0.2) is 4.98 Å². The zero-order chi connectivity index (χ0) is 20.1. The Balaban J connectivity index is 1.33. The molecule has 4 rings (SSSR count). The Labute approximate surface area is 180 Å². The van der Waals surface area contributed by atoms with E-state index in [1.54, 1.807) is 23.1 Å². The quantitative estimate of drug-likeness (QED) is 0.643. The first-order chi connectivity index (χ1) is 14.2. The van der Waals surface area contributed by atoms with Gasteiger partial charge in [0.15, 0.2) is 0 Å². The zero-order valence-electron chi connectivity index (χ0n) is 16.6. The Bertz CT molecular complexity index is 826. The summed E-state index contributed by atoms with van der Waals surface area (Å²) >= 11 is 3.24. The fourth-order valence-electron chi connectivity index (χ4n) is 4.15. The summed E-state index contributed by atoms with van der Waals surface area (Å²) in [5, 5.41) is 2.04. The van der Waals surface area contributed by atoms with Gasteiger partial charge in [0.1, 0.15) is 0 Å². The highest BCUT2D eigenvalue weighted by Gasteiger charge is 2.28. The van der Waals surface area contributed by atoms with Crippen LogP contribution < -0.4 is 0 Å². The topological polar surface area (TPSA) is 53.5 Å². The Morgan fingerprint density at radius 3 is 2.52 bits per heavy atom. The second-order valence-corrected chi connectivity index (χ2v) is 9.53. The van der Waals surface area contributed by atoms with Gasteiger partial charge in [-0.2, -0.15) is 0 Å². The standard InChI is InChI=1S/C22H27N3O2S2/c26-21(13-17-5-1-2-6-17)24-9-11-25(12-10-24)22(27)19-7-3-4-8-20(19)29-15-18-14-28-16-23-18/h3-4,7-8,14,16-17H,1-2,5-6,9-13,15H2. The van der Waals surface area contributed by atoms with Gasteiger partial charge in [-0.3, -0.25) is 9.59 Å². The third kappa shape index (κ3) is 5.20. The van der Waals surface area contributed by atoms with Gasteiger partial charge in [-0.15, -0.1) is 23.1 Å². The van der Waals surface area contributed by atoms with Crippen molar-refractivity contribution in [2.24, 2.45) is 5.92 Å². The highest BCUT2D eigenvalue weighted by Crippen LogP contribution is 2.29. The molecule has 1 aliphatic carbocycles. The molecule has 1 aliphatic heterocycles. The van der Waals surface area contributed by atoms with Crippen molar-refractivity contribution in [1.82, 2.24) is 14.8 Å². The molecule has 2 aliphatic rings. The smallest absolute Gasteiger partial charge is 0.255 e. The maximum Gasteiger partial charge on any atom is 0.255 e. The zero-order valence-corrected chi connectivity index (χ0v) is 18.2. The minimum Gasteiger partial charge on any atom is -0.339 e. The van der Waals surface area contributed by atoms with E-state index in [9.17, 15) is 9.59 Å². The normalized spacial score (nSPS) is 17.7. The van der Waals surface area contributed by atoms with E-state index in [4.69, 9.17) is 0 Å². The van der Waals surface area contributed by atoms with E-state index >= 15 is 0 Å². The summed E-state index contributed by atoms with van der Waals surface area (Å²) in [5.41, 5.74) is 3.62. The fraction of sp³-hybridized carbons (Fsp3) is 0.500. The predicted octanol–water partition coefficient (Wildman–Crippen LogP) is 4.30. The summed E-state index contributed by atoms with van der Waals surface area (Å²) in [6, 6.07) is 7.80. The van der Waals surface area contributed by atoms with E-state index in [2.05, 4.69) is 4.98 Å². The number of hydrogen-bond acceptors (Lipinski definition) is 5. The summed E-state index contributed by atoms with van der Waals surface area (Å²) in [6.45, 7) is 2.51. The number of nitrogens with zero attached hydrogens (tertiary/aromatic N) is 3. The van der Waals surface area contributed by atoms with Gasteiger partial charge in [-0.1, -0.05) is 25.0 Å². The van der Waals surface area contributed by atoms with Crippen LogP contribution >= 0.6 is 23.1 Å². The fourth-order valence-corrected chi connectivity index (χ4v) is 5.76. The molecule has 2 amide bonds. The lowest BCUT2D eigenvalue weighted by molar-refractivity contribution is -0.133. The molecule has 154 valence electrons. The molecule has 2 heterocycles. The lowest BCUT2D eigenvalue weighted by atomic mass is 10.0. The number of carbonyl (C=O) groups is 2. The number of benzene rings is 1. The molecule has 0 unspecified atom stereocenters. The summed E-state index contributed by atoms with van der Waals surface area (Å²) < 4.78 is 0. The summed E-state index contributed by atoms with van der Waals surface area (Å²) in [6.07, 6.45) is 5.60. The van der Waals surface area contributed by atoms with Crippen LogP contribution in [0.4, 0.5) is 0 Å². The minimum absolute atomic E-state index is 0.0641. The summed E-state index contributed by atoms with van der Waals surface area (Å²) in [4.78, 5) is 34.9. The first-order valence-corrected chi connectivity index (χ1v) is 12.3. The molecule has 2 aromatic rings. The van der Waals surface area contributed by atoms with Crippen LogP contribution in [0.15, 0.2) is 40.1 Å². The van der Waals surface area contributed by atoms with Gasteiger partial charge >= 0.3 is 0 Å². The molecule has 2 fully saturated rings. The van der Waals surface area contributed by atoms with E-state index in [1.807, 2.05) is 45.0 Å². The van der Waals surface area contributed by atoms with Gasteiger partial charge in [0, 0.05) is 48.6 Å². The van der Waals surface area contributed by atoms with Crippen molar-refractivity contribution >= 4 is 34.9 Å². The Hall–Kier alpha value is -1.86. The third-order valence-electron chi connectivity index (χ3n) is 5.83. The van der Waals surface area contributed by atoms with Crippen LogP contribution in [-0.4, -0.2) is 52.8 Å². The van der Waals surface area contributed by atoms with E-state index < -0.39 is 0 Å². The SMILES string of the molecule is O=C(CC1CCCC1)N1CCN(C(=O)c2ccccc2SCc2cscn2)CC1. The van der Waals surface area contributed by atoms with Crippen LogP contribution in [-0.2, 0) is 10.5 Å². The van der Waals surface area contributed by atoms with Gasteiger partial charge < -0.3 is 9.80 Å². The lowest BCUT2D eigenvalue weighted by Crippen LogP contribution is -2.50. The third-order valence-corrected chi connectivity index (χ3v) is 7.58. The molecule has 1 aromatic carbocycles. The van der Waals surface area contributed by atoms with Crippen molar-refractivity contribution in [3.8, 4) is 0 Å². The molecule has 29 heavy (non-hydrogen) atoms.